The zero-order valence-corrected chi connectivity index (χ0v) is 11.1. The highest BCUT2D eigenvalue weighted by molar-refractivity contribution is 6.28. The molecule has 0 aliphatic carbocycles. The molecule has 0 unspecified atom stereocenters. The normalized spacial score (nSPS) is 13.5. The second-order valence-electron chi connectivity index (χ2n) is 4.25. The van der Waals surface area contributed by atoms with E-state index in [1.807, 2.05) is 4.90 Å². The lowest BCUT2D eigenvalue weighted by Gasteiger charge is -2.19. The fraction of sp³-hybridized carbons (Fsp3) is 0.231. The predicted octanol–water partition coefficient (Wildman–Crippen LogP) is 3.01. The smallest absolute Gasteiger partial charge is 0.226 e. The van der Waals surface area contributed by atoms with Gasteiger partial charge >= 0.3 is 0 Å². The number of anilines is 3. The molecule has 2 aromatic rings. The highest BCUT2D eigenvalue weighted by Gasteiger charge is 2.27. The minimum absolute atomic E-state index is 0.159. The van der Waals surface area contributed by atoms with Crippen molar-refractivity contribution in [2.45, 2.75) is 6.42 Å². The van der Waals surface area contributed by atoms with Crippen molar-refractivity contribution >= 4 is 28.9 Å². The lowest BCUT2D eigenvalue weighted by molar-refractivity contribution is 0.625. The van der Waals surface area contributed by atoms with Gasteiger partial charge < -0.3 is 10.2 Å². The third-order valence-corrected chi connectivity index (χ3v) is 3.35. The van der Waals surface area contributed by atoms with Gasteiger partial charge in [0.25, 0.3) is 0 Å². The Hall–Kier alpha value is -1.88. The van der Waals surface area contributed by atoms with Crippen LogP contribution in [0.25, 0.3) is 0 Å². The molecule has 1 aliphatic rings. The highest BCUT2D eigenvalue weighted by Crippen LogP contribution is 2.37. The van der Waals surface area contributed by atoms with Crippen molar-refractivity contribution in [1.29, 1.82) is 0 Å². The summed E-state index contributed by atoms with van der Waals surface area (Å²) >= 11 is 5.92. The third kappa shape index (κ3) is 2.00. The molecule has 19 heavy (non-hydrogen) atoms. The minimum atomic E-state index is -0.268. The van der Waals surface area contributed by atoms with Crippen LogP contribution in [0.2, 0.25) is 5.28 Å². The van der Waals surface area contributed by atoms with Crippen LogP contribution in [0.5, 0.6) is 0 Å². The molecule has 1 aliphatic heterocycles. The van der Waals surface area contributed by atoms with Gasteiger partial charge in [0.1, 0.15) is 17.5 Å². The largest absolute Gasteiger partial charge is 0.373 e. The summed E-state index contributed by atoms with van der Waals surface area (Å²) in [5.41, 5.74) is 1.48. The minimum Gasteiger partial charge on any atom is -0.373 e. The maximum absolute atomic E-state index is 13.9. The third-order valence-electron chi connectivity index (χ3n) is 3.18. The van der Waals surface area contributed by atoms with Crippen LogP contribution in [-0.2, 0) is 6.42 Å². The van der Waals surface area contributed by atoms with E-state index in [2.05, 4.69) is 15.3 Å². The summed E-state index contributed by atoms with van der Waals surface area (Å²) in [5, 5.41) is 3.16. The fourth-order valence-electron chi connectivity index (χ4n) is 2.34. The molecule has 0 amide bonds. The number of fused-ring (bicyclic) bond motifs is 1. The van der Waals surface area contributed by atoms with Crippen molar-refractivity contribution in [2.24, 2.45) is 0 Å². The number of para-hydroxylation sites is 1. The summed E-state index contributed by atoms with van der Waals surface area (Å²) < 4.78 is 13.9. The van der Waals surface area contributed by atoms with Gasteiger partial charge in [0.2, 0.25) is 5.28 Å². The van der Waals surface area contributed by atoms with Gasteiger partial charge in [0.05, 0.1) is 5.69 Å². The van der Waals surface area contributed by atoms with E-state index in [1.165, 1.54) is 6.07 Å². The molecule has 0 bridgehead atoms. The van der Waals surface area contributed by atoms with Crippen LogP contribution in [0.4, 0.5) is 21.7 Å². The topological polar surface area (TPSA) is 41.1 Å². The molecule has 1 aromatic heterocycles. The number of nitrogens with one attached hydrogen (secondary N) is 1. The summed E-state index contributed by atoms with van der Waals surface area (Å²) in [7, 11) is 1.78. The summed E-state index contributed by atoms with van der Waals surface area (Å²) in [4.78, 5) is 10.2. The molecule has 2 heterocycles. The lowest BCUT2D eigenvalue weighted by Crippen LogP contribution is -2.16. The van der Waals surface area contributed by atoms with Gasteiger partial charge in [0, 0.05) is 19.2 Å². The molecule has 6 heteroatoms. The first-order valence-corrected chi connectivity index (χ1v) is 6.34. The van der Waals surface area contributed by atoms with Gasteiger partial charge in [-0.25, -0.2) is 9.37 Å². The van der Waals surface area contributed by atoms with E-state index in [0.717, 1.165) is 12.0 Å². The average Bonchev–Trinajstić information content (AvgIpc) is 2.82. The number of hydrogen-bond acceptors (Lipinski definition) is 4. The zero-order chi connectivity index (χ0) is 13.4. The molecule has 1 N–H and O–H groups in total. The van der Waals surface area contributed by atoms with E-state index in [-0.39, 0.29) is 11.1 Å². The molecule has 1 aromatic carbocycles. The first-order valence-electron chi connectivity index (χ1n) is 5.97. The molecule has 0 atom stereocenters. The second kappa shape index (κ2) is 4.66. The molecular formula is C13H12ClFN4. The molecule has 98 valence electrons. The lowest BCUT2D eigenvalue weighted by atomic mass is 10.2. The van der Waals surface area contributed by atoms with Gasteiger partial charge in [-0.1, -0.05) is 12.1 Å². The maximum Gasteiger partial charge on any atom is 0.226 e. The van der Waals surface area contributed by atoms with Gasteiger partial charge in [-0.3, -0.25) is 0 Å². The number of benzene rings is 1. The highest BCUT2D eigenvalue weighted by atomic mass is 35.5. The van der Waals surface area contributed by atoms with E-state index in [0.29, 0.717) is 23.9 Å². The standard InChI is InChI=1S/C13H12ClFN4/c1-16-11-8-6-7-19(12(8)18-13(14)17-11)10-5-3-2-4-9(10)15/h2-5H,6-7H2,1H3,(H,16,17,18). The van der Waals surface area contributed by atoms with Crippen LogP contribution in [0.3, 0.4) is 0 Å². The first kappa shape index (κ1) is 12.2. The number of aromatic nitrogens is 2. The number of halogens is 2. The summed E-state index contributed by atoms with van der Waals surface area (Å²) in [6.07, 6.45) is 0.761. The van der Waals surface area contributed by atoms with E-state index >= 15 is 0 Å². The Morgan fingerprint density at radius 1 is 1.32 bits per heavy atom. The Kier molecular flexibility index (Phi) is 2.98. The summed E-state index contributed by atoms with van der Waals surface area (Å²) in [6.45, 7) is 0.667. The van der Waals surface area contributed by atoms with E-state index < -0.39 is 0 Å². The first-order chi connectivity index (χ1) is 9.20. The van der Waals surface area contributed by atoms with Crippen molar-refractivity contribution in [3.63, 3.8) is 0 Å². The number of rotatable bonds is 2. The van der Waals surface area contributed by atoms with Crippen molar-refractivity contribution in [1.82, 2.24) is 9.97 Å². The SMILES string of the molecule is CNc1nc(Cl)nc2c1CCN2c1ccccc1F. The molecule has 0 radical (unpaired) electrons. The van der Waals surface area contributed by atoms with E-state index in [4.69, 9.17) is 11.6 Å². The Bertz CT molecular complexity index is 632. The van der Waals surface area contributed by atoms with Crippen LogP contribution in [-0.4, -0.2) is 23.6 Å². The summed E-state index contributed by atoms with van der Waals surface area (Å²) in [6, 6.07) is 6.65. The Morgan fingerprint density at radius 2 is 2.11 bits per heavy atom. The van der Waals surface area contributed by atoms with Crippen LogP contribution in [0.1, 0.15) is 5.56 Å². The molecule has 3 rings (SSSR count). The van der Waals surface area contributed by atoms with E-state index in [9.17, 15) is 4.39 Å². The van der Waals surface area contributed by atoms with Gasteiger partial charge in [-0.05, 0) is 30.2 Å². The molecule has 4 nitrogen and oxygen atoms in total. The van der Waals surface area contributed by atoms with Crippen LogP contribution >= 0.6 is 11.6 Å². The van der Waals surface area contributed by atoms with Crippen LogP contribution in [0, 0.1) is 5.82 Å². The second-order valence-corrected chi connectivity index (χ2v) is 4.58. The average molecular weight is 279 g/mol. The van der Waals surface area contributed by atoms with Crippen LogP contribution in [0.15, 0.2) is 24.3 Å². The molecule has 0 fully saturated rings. The Labute approximate surface area is 115 Å². The summed E-state index contributed by atoms with van der Waals surface area (Å²) in [5.74, 6) is 1.11. The Morgan fingerprint density at radius 3 is 2.84 bits per heavy atom. The van der Waals surface area contributed by atoms with Crippen molar-refractivity contribution in [2.75, 3.05) is 23.8 Å². The fourth-order valence-corrected chi connectivity index (χ4v) is 2.51. The van der Waals surface area contributed by atoms with Gasteiger partial charge in [-0.2, -0.15) is 4.98 Å². The maximum atomic E-state index is 13.9. The number of hydrogen-bond donors (Lipinski definition) is 1. The van der Waals surface area contributed by atoms with Crippen molar-refractivity contribution in [3.8, 4) is 0 Å². The molecule has 0 saturated heterocycles. The Balaban J connectivity index is 2.12. The van der Waals surface area contributed by atoms with E-state index in [1.54, 1.807) is 25.2 Å². The van der Waals surface area contributed by atoms with Gasteiger partial charge in [-0.15, -0.1) is 0 Å². The van der Waals surface area contributed by atoms with Crippen molar-refractivity contribution in [3.05, 3.63) is 40.9 Å². The zero-order valence-electron chi connectivity index (χ0n) is 10.3. The monoisotopic (exact) mass is 278 g/mol. The number of nitrogens with zero attached hydrogens (tertiary/aromatic N) is 3. The quantitative estimate of drug-likeness (QED) is 0.858. The van der Waals surface area contributed by atoms with Gasteiger partial charge in [0.15, 0.2) is 0 Å². The van der Waals surface area contributed by atoms with Crippen LogP contribution < -0.4 is 10.2 Å². The molecular weight excluding hydrogens is 267 g/mol. The van der Waals surface area contributed by atoms with Crippen molar-refractivity contribution < 1.29 is 4.39 Å². The predicted molar refractivity (Wildman–Crippen MR) is 73.7 cm³/mol. The molecule has 0 spiro atoms. The molecule has 0 saturated carbocycles.